The Morgan fingerprint density at radius 1 is 0.432 bits per heavy atom. The van der Waals surface area contributed by atoms with Gasteiger partial charge in [0.25, 0.3) is 0 Å². The Hall–Kier alpha value is 0.737. The van der Waals surface area contributed by atoms with Crippen LogP contribution in [-0.2, 0) is 12.8 Å². The molecule has 0 aromatic carbocycles. The van der Waals surface area contributed by atoms with Crippen LogP contribution in [0.25, 0.3) is 12.2 Å². The molecule has 0 N–H and O–H groups in total. The third-order valence-electron chi connectivity index (χ3n) is 9.15. The van der Waals surface area contributed by atoms with E-state index < -0.39 is 36.8 Å². The van der Waals surface area contributed by atoms with Gasteiger partial charge in [-0.2, -0.15) is 0 Å². The number of hydrogen-bond acceptors (Lipinski definition) is 2. The summed E-state index contributed by atoms with van der Waals surface area (Å²) >= 11 is 0.106. The molecule has 44 heavy (non-hydrogen) atoms. The van der Waals surface area contributed by atoms with Gasteiger partial charge in [-0.1, -0.05) is 39.5 Å². The number of hydrogen-bond donors (Lipinski definition) is 0. The van der Waals surface area contributed by atoms with Gasteiger partial charge in [-0.25, -0.2) is 0 Å². The SMILES string of the molecule is CCCCCCCCCCCCc1c[c]([Sn]([CH3])([CH3])[CH3])sc1C=Cc1s[c]([Sn]([CH3])([CH3])[CH3])cc1CCCCCCCCCCCC. The van der Waals surface area contributed by atoms with Crippen LogP contribution in [-0.4, -0.2) is 36.8 Å². The Morgan fingerprint density at radius 2 is 0.705 bits per heavy atom. The fourth-order valence-electron chi connectivity index (χ4n) is 6.05. The van der Waals surface area contributed by atoms with Crippen LogP contribution < -0.4 is 5.79 Å². The first-order valence-electron chi connectivity index (χ1n) is 19.0. The molecule has 0 fully saturated rings. The van der Waals surface area contributed by atoms with Gasteiger partial charge >= 0.3 is 256 Å². The molecular formula is C40H72S2Sn2. The summed E-state index contributed by atoms with van der Waals surface area (Å²) in [5.74, 6) is 0. The van der Waals surface area contributed by atoms with Crippen LogP contribution in [0.3, 0.4) is 0 Å². The molecule has 0 atom stereocenters. The van der Waals surface area contributed by atoms with Crippen molar-refractivity contribution in [1.29, 1.82) is 0 Å². The maximum absolute atomic E-state index is 2.64. The molecule has 0 aliphatic rings. The van der Waals surface area contributed by atoms with Crippen molar-refractivity contribution in [3.63, 3.8) is 0 Å². The minimum absolute atomic E-state index is 1.27. The third kappa shape index (κ3) is 17.2. The van der Waals surface area contributed by atoms with Crippen molar-refractivity contribution in [3.8, 4) is 0 Å². The first-order chi connectivity index (χ1) is 21.1. The molecule has 0 unspecified atom stereocenters. The molecule has 2 aromatic rings. The molecule has 2 heterocycles. The first kappa shape index (κ1) is 40.9. The number of unbranched alkanes of at least 4 members (excludes halogenated alkanes) is 18. The van der Waals surface area contributed by atoms with Crippen LogP contribution in [0.2, 0.25) is 29.6 Å². The molecule has 0 amide bonds. The van der Waals surface area contributed by atoms with E-state index in [1.807, 2.05) is 0 Å². The van der Waals surface area contributed by atoms with Crippen LogP contribution in [0.1, 0.15) is 163 Å². The smallest absolute Gasteiger partial charge is 0.0654 e. The molecule has 252 valence electrons. The quantitative estimate of drug-likeness (QED) is 0.0653. The normalized spacial score (nSPS) is 12.6. The van der Waals surface area contributed by atoms with Crippen molar-refractivity contribution in [2.75, 3.05) is 0 Å². The first-order valence-corrected chi connectivity index (χ1v) is 40.6. The molecule has 4 heteroatoms. The Kier molecular flexibility index (Phi) is 21.5. The molecule has 0 saturated heterocycles. The van der Waals surface area contributed by atoms with Crippen molar-refractivity contribution in [2.45, 2.75) is 185 Å². The van der Waals surface area contributed by atoms with E-state index in [4.69, 9.17) is 0 Å². The van der Waals surface area contributed by atoms with Crippen LogP contribution in [0.15, 0.2) is 12.1 Å². The van der Waals surface area contributed by atoms with Gasteiger partial charge in [0, 0.05) is 0 Å². The minimum atomic E-state index is -2.09. The van der Waals surface area contributed by atoms with Crippen molar-refractivity contribution in [1.82, 2.24) is 0 Å². The molecule has 0 saturated carbocycles. The Balaban J connectivity index is 1.96. The standard InChI is InChI=1S/C34H54S2.6CH3.2Sn/c1-3-5-7-9-11-13-15-17-19-21-23-31-27-29-35-33(31)25-26-34-32(28-30-36-34)24-22-20-18-16-14-12-10-8-6-4-2;;;;;;;;/h25-28H,3-24H2,1-2H3;6*1H3;;. The van der Waals surface area contributed by atoms with Crippen molar-refractivity contribution in [3.05, 3.63) is 33.0 Å². The summed E-state index contributed by atoms with van der Waals surface area (Å²) in [6, 6.07) is 5.29. The van der Waals surface area contributed by atoms with Gasteiger partial charge in [0.15, 0.2) is 0 Å². The van der Waals surface area contributed by atoms with Crippen LogP contribution in [0.4, 0.5) is 0 Å². The summed E-state index contributed by atoms with van der Waals surface area (Å²) in [6.07, 6.45) is 36.0. The van der Waals surface area contributed by atoms with Crippen molar-refractivity contribution < 1.29 is 0 Å². The van der Waals surface area contributed by atoms with E-state index in [1.165, 1.54) is 141 Å². The monoisotopic (exact) mass is 856 g/mol. The Bertz CT molecular complexity index is 949. The fourth-order valence-corrected chi connectivity index (χ4v) is 19.0. The van der Waals surface area contributed by atoms with Crippen LogP contribution in [0, 0.1) is 0 Å². The number of rotatable bonds is 26. The van der Waals surface area contributed by atoms with Gasteiger partial charge in [0.05, 0.1) is 0 Å². The molecular weight excluding hydrogens is 782 g/mol. The molecule has 0 radical (unpaired) electrons. The zero-order valence-corrected chi connectivity index (χ0v) is 38.0. The van der Waals surface area contributed by atoms with E-state index in [0.717, 1.165) is 0 Å². The van der Waals surface area contributed by atoms with E-state index in [-0.39, 0.29) is 0 Å². The van der Waals surface area contributed by atoms with Gasteiger partial charge < -0.3 is 0 Å². The number of aryl methyl sites for hydroxylation is 2. The van der Waals surface area contributed by atoms with E-state index >= 15 is 0 Å². The molecule has 0 aliphatic carbocycles. The Labute approximate surface area is 292 Å². The van der Waals surface area contributed by atoms with E-state index in [1.54, 1.807) is 26.7 Å². The molecule has 0 spiro atoms. The molecule has 0 aliphatic heterocycles. The van der Waals surface area contributed by atoms with Crippen LogP contribution >= 0.6 is 22.7 Å². The van der Waals surface area contributed by atoms with Crippen molar-refractivity contribution in [2.24, 2.45) is 0 Å². The van der Waals surface area contributed by atoms with Gasteiger partial charge in [0.2, 0.25) is 0 Å². The predicted octanol–water partition coefficient (Wildman–Crippen LogP) is 14.0. The van der Waals surface area contributed by atoms with Gasteiger partial charge in [-0.15, -0.1) is 0 Å². The molecule has 2 rings (SSSR count). The van der Waals surface area contributed by atoms with Gasteiger partial charge in [-0.3, -0.25) is 0 Å². The summed E-state index contributed by atoms with van der Waals surface area (Å²) in [4.78, 5) is 18.7. The van der Waals surface area contributed by atoms with E-state index in [9.17, 15) is 0 Å². The van der Waals surface area contributed by atoms with Gasteiger partial charge in [-0.05, 0) is 0 Å². The molecule has 0 bridgehead atoms. The second-order valence-electron chi connectivity index (χ2n) is 15.7. The number of thiophene rings is 2. The summed E-state index contributed by atoms with van der Waals surface area (Å²) in [5, 5.41) is 0. The zero-order valence-electron chi connectivity index (χ0n) is 30.7. The molecule has 0 nitrogen and oxygen atoms in total. The second-order valence-corrected chi connectivity index (χ2v) is 48.7. The summed E-state index contributed by atoms with van der Waals surface area (Å²) < 4.78 is 3.51. The van der Waals surface area contributed by atoms with Gasteiger partial charge in [0.1, 0.15) is 0 Å². The maximum atomic E-state index is 2.64. The second kappa shape index (κ2) is 23.2. The summed E-state index contributed by atoms with van der Waals surface area (Å²) in [5.41, 5.74) is 3.30. The van der Waals surface area contributed by atoms with E-state index in [0.29, 0.717) is 0 Å². The predicted molar refractivity (Wildman–Crippen MR) is 215 cm³/mol. The average Bonchev–Trinajstić information content (AvgIpc) is 3.58. The summed E-state index contributed by atoms with van der Waals surface area (Å²) in [6.45, 7) is 4.62. The van der Waals surface area contributed by atoms with Crippen molar-refractivity contribution >= 4 is 77.4 Å². The topological polar surface area (TPSA) is 0 Å². The summed E-state index contributed by atoms with van der Waals surface area (Å²) in [7, 11) is 0. The zero-order chi connectivity index (χ0) is 32.3. The van der Waals surface area contributed by atoms with E-state index in [2.05, 4.69) is 90.4 Å². The fraction of sp³-hybridized carbons (Fsp3) is 0.750. The average molecular weight is 855 g/mol. The molecule has 2 aromatic heterocycles. The minimum Gasteiger partial charge on any atom is -0.0654 e. The Morgan fingerprint density at radius 3 is 0.977 bits per heavy atom. The third-order valence-corrected chi connectivity index (χ3v) is 30.3. The van der Waals surface area contributed by atoms with Crippen LogP contribution in [0.5, 0.6) is 0 Å².